The molecule has 3 nitrogen and oxygen atoms in total. The van der Waals surface area contributed by atoms with Crippen molar-refractivity contribution in [3.8, 4) is 0 Å². The predicted octanol–water partition coefficient (Wildman–Crippen LogP) is 1.31. The van der Waals surface area contributed by atoms with Crippen LogP contribution in [0.2, 0.25) is 0 Å². The maximum Gasteiger partial charge on any atom is 0.0945 e. The van der Waals surface area contributed by atoms with Crippen molar-refractivity contribution < 1.29 is 4.74 Å². The molecule has 3 heteroatoms. The summed E-state index contributed by atoms with van der Waals surface area (Å²) in [5.41, 5.74) is 6.73. The normalized spacial score (nSPS) is 14.9. The summed E-state index contributed by atoms with van der Waals surface area (Å²) in [5, 5.41) is 3.33. The Bertz CT molecular complexity index is 264. The van der Waals surface area contributed by atoms with Gasteiger partial charge in [0.1, 0.15) is 0 Å². The van der Waals surface area contributed by atoms with Crippen LogP contribution in [-0.2, 0) is 4.74 Å². The van der Waals surface area contributed by atoms with E-state index in [0.29, 0.717) is 12.6 Å². The Morgan fingerprint density at radius 3 is 2.53 bits per heavy atom. The lowest BCUT2D eigenvalue weighted by molar-refractivity contribution is 0.100. The van der Waals surface area contributed by atoms with Crippen molar-refractivity contribution >= 4 is 0 Å². The maximum atomic E-state index is 5.54. The minimum atomic E-state index is 0.0974. The van der Waals surface area contributed by atoms with Gasteiger partial charge in [-0.3, -0.25) is 0 Å². The molecule has 0 spiro atoms. The average Bonchev–Trinajstić information content (AvgIpc) is 2.31. The highest BCUT2D eigenvalue weighted by molar-refractivity contribution is 5.17. The van der Waals surface area contributed by atoms with Crippen LogP contribution < -0.4 is 11.1 Å². The number of rotatable bonds is 6. The first-order chi connectivity index (χ1) is 7.27. The smallest absolute Gasteiger partial charge is 0.0945 e. The summed E-state index contributed by atoms with van der Waals surface area (Å²) in [6.07, 6.45) is 0.0974. The third-order valence-electron chi connectivity index (χ3n) is 2.46. The number of nitrogens with one attached hydrogen (secondary N) is 1. The van der Waals surface area contributed by atoms with Crippen LogP contribution in [0.15, 0.2) is 30.3 Å². The molecule has 1 aromatic carbocycles. The van der Waals surface area contributed by atoms with E-state index in [9.17, 15) is 0 Å². The highest BCUT2D eigenvalue weighted by atomic mass is 16.5. The highest BCUT2D eigenvalue weighted by Crippen LogP contribution is 2.14. The maximum absolute atomic E-state index is 5.54. The predicted molar refractivity (Wildman–Crippen MR) is 62.7 cm³/mol. The SMILES string of the molecule is COC(CN[C@H](C)CN)c1ccccc1. The van der Waals surface area contributed by atoms with Crippen molar-refractivity contribution in [2.75, 3.05) is 20.2 Å². The van der Waals surface area contributed by atoms with Gasteiger partial charge in [-0.2, -0.15) is 0 Å². The largest absolute Gasteiger partial charge is 0.375 e. The van der Waals surface area contributed by atoms with Crippen LogP contribution in [0.3, 0.4) is 0 Å². The Morgan fingerprint density at radius 1 is 1.33 bits per heavy atom. The number of ether oxygens (including phenoxy) is 1. The standard InChI is InChI=1S/C12H20N2O/c1-10(8-13)14-9-12(15-2)11-6-4-3-5-7-11/h3-7,10,12,14H,8-9,13H2,1-2H3/t10-,12?/m1/s1. The fraction of sp³-hybridized carbons (Fsp3) is 0.500. The molecule has 0 radical (unpaired) electrons. The van der Waals surface area contributed by atoms with Gasteiger partial charge in [-0.05, 0) is 12.5 Å². The third kappa shape index (κ3) is 4.00. The molecule has 84 valence electrons. The molecule has 0 saturated heterocycles. The molecule has 0 aromatic heterocycles. The summed E-state index contributed by atoms with van der Waals surface area (Å²) in [6.45, 7) is 3.50. The van der Waals surface area contributed by atoms with Crippen molar-refractivity contribution in [1.29, 1.82) is 0 Å². The molecule has 0 bridgehead atoms. The molecular formula is C12H20N2O. The second kappa shape index (κ2) is 6.56. The van der Waals surface area contributed by atoms with E-state index in [-0.39, 0.29) is 6.10 Å². The number of nitrogens with two attached hydrogens (primary N) is 1. The third-order valence-corrected chi connectivity index (χ3v) is 2.46. The van der Waals surface area contributed by atoms with Gasteiger partial charge in [0.05, 0.1) is 6.10 Å². The Hall–Kier alpha value is -0.900. The fourth-order valence-electron chi connectivity index (χ4n) is 1.40. The molecule has 0 amide bonds. The first kappa shape index (κ1) is 12.2. The van der Waals surface area contributed by atoms with Crippen LogP contribution in [0.5, 0.6) is 0 Å². The van der Waals surface area contributed by atoms with Gasteiger partial charge < -0.3 is 15.8 Å². The van der Waals surface area contributed by atoms with E-state index in [1.807, 2.05) is 18.2 Å². The van der Waals surface area contributed by atoms with Crippen molar-refractivity contribution in [3.05, 3.63) is 35.9 Å². The molecule has 15 heavy (non-hydrogen) atoms. The van der Waals surface area contributed by atoms with Gasteiger partial charge >= 0.3 is 0 Å². The molecular weight excluding hydrogens is 188 g/mol. The van der Waals surface area contributed by atoms with Gasteiger partial charge in [-0.1, -0.05) is 30.3 Å². The van der Waals surface area contributed by atoms with Gasteiger partial charge in [0.2, 0.25) is 0 Å². The Labute approximate surface area is 91.6 Å². The zero-order valence-corrected chi connectivity index (χ0v) is 9.44. The zero-order chi connectivity index (χ0) is 11.1. The highest BCUT2D eigenvalue weighted by Gasteiger charge is 2.10. The molecule has 0 saturated carbocycles. The van der Waals surface area contributed by atoms with Crippen LogP contribution in [0.1, 0.15) is 18.6 Å². The molecule has 0 heterocycles. The van der Waals surface area contributed by atoms with E-state index >= 15 is 0 Å². The van der Waals surface area contributed by atoms with Gasteiger partial charge in [-0.15, -0.1) is 0 Å². The lowest BCUT2D eigenvalue weighted by atomic mass is 10.1. The second-order valence-corrected chi connectivity index (χ2v) is 3.68. The lowest BCUT2D eigenvalue weighted by Gasteiger charge is -2.19. The number of hydrogen-bond acceptors (Lipinski definition) is 3. The van der Waals surface area contributed by atoms with E-state index in [0.717, 1.165) is 6.54 Å². The summed E-state index contributed by atoms with van der Waals surface area (Å²) < 4.78 is 5.43. The minimum Gasteiger partial charge on any atom is -0.375 e. The number of benzene rings is 1. The second-order valence-electron chi connectivity index (χ2n) is 3.68. The van der Waals surface area contributed by atoms with Crippen LogP contribution >= 0.6 is 0 Å². The van der Waals surface area contributed by atoms with Crippen molar-refractivity contribution in [2.24, 2.45) is 5.73 Å². The van der Waals surface area contributed by atoms with E-state index in [1.165, 1.54) is 5.56 Å². The molecule has 0 aliphatic carbocycles. The van der Waals surface area contributed by atoms with E-state index < -0.39 is 0 Å². The summed E-state index contributed by atoms with van der Waals surface area (Å²) in [4.78, 5) is 0. The molecule has 1 unspecified atom stereocenters. The molecule has 2 atom stereocenters. The molecule has 3 N–H and O–H groups in total. The molecule has 0 aliphatic heterocycles. The quantitative estimate of drug-likeness (QED) is 0.741. The van der Waals surface area contributed by atoms with Crippen LogP contribution in [0.25, 0.3) is 0 Å². The molecule has 0 aliphatic rings. The van der Waals surface area contributed by atoms with E-state index in [4.69, 9.17) is 10.5 Å². The summed E-state index contributed by atoms with van der Waals surface area (Å²) in [6, 6.07) is 10.5. The molecule has 0 fully saturated rings. The Balaban J connectivity index is 2.50. The van der Waals surface area contributed by atoms with E-state index in [1.54, 1.807) is 7.11 Å². The summed E-state index contributed by atoms with van der Waals surface area (Å²) in [7, 11) is 1.73. The number of methoxy groups -OCH3 is 1. The van der Waals surface area contributed by atoms with Gasteiger partial charge in [0.15, 0.2) is 0 Å². The van der Waals surface area contributed by atoms with Crippen LogP contribution in [0.4, 0.5) is 0 Å². The summed E-state index contributed by atoms with van der Waals surface area (Å²) in [5.74, 6) is 0. The first-order valence-electron chi connectivity index (χ1n) is 5.29. The van der Waals surface area contributed by atoms with Gasteiger partial charge in [-0.25, -0.2) is 0 Å². The van der Waals surface area contributed by atoms with Crippen LogP contribution in [0, 0.1) is 0 Å². The van der Waals surface area contributed by atoms with Crippen LogP contribution in [-0.4, -0.2) is 26.2 Å². The van der Waals surface area contributed by atoms with Crippen molar-refractivity contribution in [2.45, 2.75) is 19.1 Å². The lowest BCUT2D eigenvalue weighted by Crippen LogP contribution is -2.36. The summed E-state index contributed by atoms with van der Waals surface area (Å²) >= 11 is 0. The fourth-order valence-corrected chi connectivity index (χ4v) is 1.40. The monoisotopic (exact) mass is 208 g/mol. The minimum absolute atomic E-state index is 0.0974. The Kier molecular flexibility index (Phi) is 5.32. The Morgan fingerprint density at radius 2 is 2.00 bits per heavy atom. The zero-order valence-electron chi connectivity index (χ0n) is 9.44. The molecule has 1 rings (SSSR count). The van der Waals surface area contributed by atoms with E-state index in [2.05, 4.69) is 24.4 Å². The topological polar surface area (TPSA) is 47.3 Å². The van der Waals surface area contributed by atoms with Crippen molar-refractivity contribution in [1.82, 2.24) is 5.32 Å². The first-order valence-corrected chi connectivity index (χ1v) is 5.29. The molecule has 1 aromatic rings. The van der Waals surface area contributed by atoms with Crippen molar-refractivity contribution in [3.63, 3.8) is 0 Å². The van der Waals surface area contributed by atoms with Gasteiger partial charge in [0.25, 0.3) is 0 Å². The average molecular weight is 208 g/mol. The van der Waals surface area contributed by atoms with Gasteiger partial charge in [0, 0.05) is 26.2 Å². The number of hydrogen-bond donors (Lipinski definition) is 2.